The molecule has 7 nitrogen and oxygen atoms in total. The van der Waals surface area contributed by atoms with E-state index in [1.54, 1.807) is 6.08 Å². The van der Waals surface area contributed by atoms with Crippen LogP contribution >= 0.6 is 0 Å². The van der Waals surface area contributed by atoms with Gasteiger partial charge in [0, 0.05) is 0 Å². The minimum atomic E-state index is -0.501. The zero-order chi connectivity index (χ0) is 17.5. The van der Waals surface area contributed by atoms with Gasteiger partial charge in [0.2, 0.25) is 5.76 Å². The predicted molar refractivity (Wildman–Crippen MR) is 90.2 cm³/mol. The highest BCUT2D eigenvalue weighted by molar-refractivity contribution is 5.72. The van der Waals surface area contributed by atoms with Crippen molar-refractivity contribution in [3.05, 3.63) is 45.3 Å². The van der Waals surface area contributed by atoms with Crippen molar-refractivity contribution in [2.24, 2.45) is 0 Å². The molecule has 0 amide bonds. The zero-order valence-corrected chi connectivity index (χ0v) is 13.9. The Kier molecular flexibility index (Phi) is 5.95. The lowest BCUT2D eigenvalue weighted by molar-refractivity contribution is -0.386. The molecule has 0 radical (unpaired) electrons. The lowest BCUT2D eigenvalue weighted by atomic mass is 10.1. The number of hydrogen-bond donors (Lipinski definition) is 0. The molecular formula is C17H20N2O5. The first-order valence-corrected chi connectivity index (χ1v) is 7.75. The largest absolute Gasteiger partial charge is 0.490 e. The first-order valence-electron chi connectivity index (χ1n) is 7.75. The first kappa shape index (κ1) is 17.5. The number of aryl methyl sites for hydroxylation is 1. The summed E-state index contributed by atoms with van der Waals surface area (Å²) >= 11 is 0. The monoisotopic (exact) mass is 332 g/mol. The highest BCUT2D eigenvalue weighted by Crippen LogP contribution is 2.30. The third kappa shape index (κ3) is 4.13. The average molecular weight is 332 g/mol. The summed E-state index contributed by atoms with van der Waals surface area (Å²) in [7, 11) is 0. The molecule has 1 aromatic heterocycles. The highest BCUT2D eigenvalue weighted by atomic mass is 16.6. The van der Waals surface area contributed by atoms with Crippen LogP contribution in [-0.4, -0.2) is 23.3 Å². The van der Waals surface area contributed by atoms with Gasteiger partial charge in [-0.25, -0.2) is 0 Å². The second-order valence-corrected chi connectivity index (χ2v) is 5.06. The van der Waals surface area contributed by atoms with Crippen LogP contribution in [0.1, 0.15) is 37.3 Å². The second kappa shape index (κ2) is 8.14. The van der Waals surface area contributed by atoms with E-state index in [4.69, 9.17) is 14.0 Å². The Hall–Kier alpha value is -2.83. The average Bonchev–Trinajstić information content (AvgIpc) is 2.93. The van der Waals surface area contributed by atoms with Crippen LogP contribution in [-0.2, 0) is 0 Å². The van der Waals surface area contributed by atoms with E-state index in [0.717, 1.165) is 12.0 Å². The van der Waals surface area contributed by atoms with E-state index in [0.29, 0.717) is 24.7 Å². The van der Waals surface area contributed by atoms with Gasteiger partial charge in [-0.2, -0.15) is 0 Å². The van der Waals surface area contributed by atoms with Crippen molar-refractivity contribution in [2.75, 3.05) is 13.2 Å². The maximum atomic E-state index is 11.0. The van der Waals surface area contributed by atoms with E-state index in [2.05, 4.69) is 5.16 Å². The summed E-state index contributed by atoms with van der Waals surface area (Å²) in [4.78, 5) is 10.5. The van der Waals surface area contributed by atoms with Crippen LogP contribution in [0.25, 0.3) is 12.2 Å². The summed E-state index contributed by atoms with van der Waals surface area (Å²) in [5.41, 5.74) is 0.933. The number of hydrogen-bond acceptors (Lipinski definition) is 6. The molecule has 24 heavy (non-hydrogen) atoms. The normalized spacial score (nSPS) is 11.0. The number of nitrogens with zero attached hydrogens (tertiary/aromatic N) is 2. The molecule has 0 saturated carbocycles. The fourth-order valence-corrected chi connectivity index (χ4v) is 2.11. The van der Waals surface area contributed by atoms with Crippen molar-refractivity contribution in [3.63, 3.8) is 0 Å². The van der Waals surface area contributed by atoms with Crippen LogP contribution in [0.2, 0.25) is 0 Å². The van der Waals surface area contributed by atoms with Crippen molar-refractivity contribution in [2.45, 2.75) is 27.2 Å². The van der Waals surface area contributed by atoms with Crippen LogP contribution in [0.5, 0.6) is 11.5 Å². The molecule has 0 fully saturated rings. The molecule has 1 aromatic carbocycles. The van der Waals surface area contributed by atoms with Gasteiger partial charge in [-0.3, -0.25) is 10.1 Å². The molecule has 0 aliphatic rings. The SMILES string of the molecule is CCCOc1ccc(C=Cc2onc(C)c2[N+](=O)[O-])cc1OCC. The lowest BCUT2D eigenvalue weighted by Crippen LogP contribution is -2.00. The van der Waals surface area contributed by atoms with Gasteiger partial charge in [0.1, 0.15) is 0 Å². The Morgan fingerprint density at radius 2 is 2.04 bits per heavy atom. The quantitative estimate of drug-likeness (QED) is 0.530. The molecule has 0 bridgehead atoms. The fourth-order valence-electron chi connectivity index (χ4n) is 2.11. The molecule has 1 heterocycles. The smallest absolute Gasteiger partial charge is 0.338 e. The summed E-state index contributed by atoms with van der Waals surface area (Å²) in [6.07, 6.45) is 4.14. The van der Waals surface area contributed by atoms with Crippen LogP contribution < -0.4 is 9.47 Å². The lowest BCUT2D eigenvalue weighted by Gasteiger charge is -2.11. The fraction of sp³-hybridized carbons (Fsp3) is 0.353. The predicted octanol–water partition coefficient (Wildman–Crippen LogP) is 4.25. The van der Waals surface area contributed by atoms with Crippen molar-refractivity contribution >= 4 is 17.8 Å². The first-order chi connectivity index (χ1) is 11.6. The molecular weight excluding hydrogens is 312 g/mol. The molecule has 0 aliphatic carbocycles. The summed E-state index contributed by atoms with van der Waals surface area (Å²) in [6, 6.07) is 5.49. The van der Waals surface area contributed by atoms with Gasteiger partial charge in [0.05, 0.1) is 18.1 Å². The van der Waals surface area contributed by atoms with Crippen molar-refractivity contribution in [1.29, 1.82) is 0 Å². The summed E-state index contributed by atoms with van der Waals surface area (Å²) in [6.45, 7) is 6.59. The van der Waals surface area contributed by atoms with Crippen molar-refractivity contribution in [1.82, 2.24) is 5.16 Å². The third-order valence-corrected chi connectivity index (χ3v) is 3.20. The molecule has 0 unspecified atom stereocenters. The maximum absolute atomic E-state index is 11.0. The number of ether oxygens (including phenoxy) is 2. The van der Waals surface area contributed by atoms with Gasteiger partial charge < -0.3 is 14.0 Å². The molecule has 2 aromatic rings. The third-order valence-electron chi connectivity index (χ3n) is 3.20. The number of rotatable bonds is 8. The number of nitro groups is 1. The maximum Gasteiger partial charge on any atom is 0.338 e. The Labute approximate surface area is 140 Å². The van der Waals surface area contributed by atoms with Gasteiger partial charge in [0.25, 0.3) is 0 Å². The Balaban J connectivity index is 2.26. The van der Waals surface area contributed by atoms with Gasteiger partial charge in [0.15, 0.2) is 17.2 Å². The molecule has 7 heteroatoms. The van der Waals surface area contributed by atoms with Crippen LogP contribution in [0.15, 0.2) is 22.7 Å². The zero-order valence-electron chi connectivity index (χ0n) is 13.9. The molecule has 0 aliphatic heterocycles. The Morgan fingerprint density at radius 1 is 1.25 bits per heavy atom. The van der Waals surface area contributed by atoms with Crippen LogP contribution in [0.4, 0.5) is 5.69 Å². The van der Waals surface area contributed by atoms with Crippen molar-refractivity contribution in [3.8, 4) is 11.5 Å². The minimum absolute atomic E-state index is 0.113. The topological polar surface area (TPSA) is 87.6 Å². The van der Waals surface area contributed by atoms with E-state index in [1.807, 2.05) is 32.0 Å². The van der Waals surface area contributed by atoms with E-state index >= 15 is 0 Å². The van der Waals surface area contributed by atoms with Gasteiger partial charge >= 0.3 is 5.69 Å². The number of aromatic nitrogens is 1. The second-order valence-electron chi connectivity index (χ2n) is 5.06. The summed E-state index contributed by atoms with van der Waals surface area (Å²) < 4.78 is 16.2. The van der Waals surface area contributed by atoms with Gasteiger partial charge in [-0.15, -0.1) is 0 Å². The van der Waals surface area contributed by atoms with E-state index in [-0.39, 0.29) is 17.1 Å². The van der Waals surface area contributed by atoms with Gasteiger partial charge in [-0.05, 0) is 44.0 Å². The molecule has 2 rings (SSSR count). The number of benzene rings is 1. The van der Waals surface area contributed by atoms with E-state index < -0.39 is 4.92 Å². The molecule has 0 saturated heterocycles. The molecule has 0 atom stereocenters. The van der Waals surface area contributed by atoms with Gasteiger partial charge in [-0.1, -0.05) is 24.2 Å². The molecule has 0 N–H and O–H groups in total. The molecule has 0 spiro atoms. The Bertz CT molecular complexity index is 737. The van der Waals surface area contributed by atoms with Crippen LogP contribution in [0.3, 0.4) is 0 Å². The Morgan fingerprint density at radius 3 is 2.71 bits per heavy atom. The van der Waals surface area contributed by atoms with E-state index in [1.165, 1.54) is 13.0 Å². The van der Waals surface area contributed by atoms with Crippen molar-refractivity contribution < 1.29 is 18.9 Å². The highest BCUT2D eigenvalue weighted by Gasteiger charge is 2.21. The summed E-state index contributed by atoms with van der Waals surface area (Å²) in [5, 5.41) is 14.7. The molecule has 128 valence electrons. The summed E-state index contributed by atoms with van der Waals surface area (Å²) in [5.74, 6) is 1.43. The standard InChI is InChI=1S/C17H20N2O5/c1-4-10-23-14-8-6-13(11-16(14)22-5-2)7-9-15-17(19(20)21)12(3)18-24-15/h6-9,11H,4-5,10H2,1-3H3. The van der Waals surface area contributed by atoms with E-state index in [9.17, 15) is 10.1 Å². The minimum Gasteiger partial charge on any atom is -0.490 e. The van der Waals surface area contributed by atoms with Crippen LogP contribution in [0, 0.1) is 17.0 Å².